The lowest BCUT2D eigenvalue weighted by Gasteiger charge is -2.27. The van der Waals surface area contributed by atoms with Crippen LogP contribution in [0.5, 0.6) is 0 Å². The zero-order valence-electron chi connectivity index (χ0n) is 10.00. The fourth-order valence-corrected chi connectivity index (χ4v) is 2.95. The molecular formula is C13H18BrFN2. The van der Waals surface area contributed by atoms with Gasteiger partial charge in [-0.1, -0.05) is 13.0 Å². The van der Waals surface area contributed by atoms with Crippen molar-refractivity contribution in [2.45, 2.75) is 19.4 Å². The normalized spacial score (nSPS) is 25.4. The summed E-state index contributed by atoms with van der Waals surface area (Å²) < 4.78 is 14.1. The Kier molecular flexibility index (Phi) is 4.17. The van der Waals surface area contributed by atoms with Crippen LogP contribution in [0.15, 0.2) is 22.7 Å². The number of likely N-dealkylation sites (tertiary alicyclic amines) is 1. The minimum atomic E-state index is -0.193. The monoisotopic (exact) mass is 300 g/mol. The largest absolute Gasteiger partial charge is 0.330 e. The topological polar surface area (TPSA) is 29.3 Å². The average Bonchev–Trinajstić information content (AvgIpc) is 2.75. The highest BCUT2D eigenvalue weighted by Gasteiger charge is 2.33. The molecule has 0 aromatic heterocycles. The summed E-state index contributed by atoms with van der Waals surface area (Å²) in [5.74, 6) is 0.247. The van der Waals surface area contributed by atoms with Gasteiger partial charge in [0, 0.05) is 6.04 Å². The van der Waals surface area contributed by atoms with Crippen molar-refractivity contribution in [3.8, 4) is 0 Å². The van der Waals surface area contributed by atoms with E-state index in [0.717, 1.165) is 25.1 Å². The quantitative estimate of drug-likeness (QED) is 0.930. The Morgan fingerprint density at radius 1 is 1.53 bits per heavy atom. The zero-order chi connectivity index (χ0) is 12.4. The van der Waals surface area contributed by atoms with E-state index in [1.807, 2.05) is 6.07 Å². The van der Waals surface area contributed by atoms with Crippen LogP contribution < -0.4 is 5.73 Å². The van der Waals surface area contributed by atoms with Crippen LogP contribution >= 0.6 is 15.9 Å². The SMILES string of the molecule is CCN1CCC(CN)C1c1ccc(Br)c(F)c1. The van der Waals surface area contributed by atoms with Gasteiger partial charge in [0.2, 0.25) is 0 Å². The van der Waals surface area contributed by atoms with Crippen molar-refractivity contribution in [1.29, 1.82) is 0 Å². The fourth-order valence-electron chi connectivity index (χ4n) is 2.71. The van der Waals surface area contributed by atoms with E-state index >= 15 is 0 Å². The molecule has 0 amide bonds. The molecule has 2 nitrogen and oxygen atoms in total. The van der Waals surface area contributed by atoms with E-state index < -0.39 is 0 Å². The molecule has 1 aliphatic heterocycles. The molecule has 1 aliphatic rings. The van der Waals surface area contributed by atoms with E-state index in [1.54, 1.807) is 12.1 Å². The van der Waals surface area contributed by atoms with Gasteiger partial charge in [0.25, 0.3) is 0 Å². The molecule has 17 heavy (non-hydrogen) atoms. The fraction of sp³-hybridized carbons (Fsp3) is 0.538. The molecular weight excluding hydrogens is 283 g/mol. The summed E-state index contributed by atoms with van der Waals surface area (Å²) in [5.41, 5.74) is 6.86. The molecule has 1 saturated heterocycles. The lowest BCUT2D eigenvalue weighted by atomic mass is 9.94. The van der Waals surface area contributed by atoms with Crippen LogP contribution in [0.4, 0.5) is 4.39 Å². The van der Waals surface area contributed by atoms with Crippen molar-refractivity contribution in [3.05, 3.63) is 34.1 Å². The van der Waals surface area contributed by atoms with Crippen LogP contribution in [-0.2, 0) is 0 Å². The van der Waals surface area contributed by atoms with Gasteiger partial charge in [-0.2, -0.15) is 0 Å². The smallest absolute Gasteiger partial charge is 0.137 e. The van der Waals surface area contributed by atoms with E-state index in [-0.39, 0.29) is 11.9 Å². The molecule has 1 aromatic carbocycles. The van der Waals surface area contributed by atoms with E-state index in [4.69, 9.17) is 5.73 Å². The summed E-state index contributed by atoms with van der Waals surface area (Å²) >= 11 is 3.19. The third-order valence-electron chi connectivity index (χ3n) is 3.62. The van der Waals surface area contributed by atoms with Crippen LogP contribution in [0, 0.1) is 11.7 Å². The summed E-state index contributed by atoms with van der Waals surface area (Å²) in [6.07, 6.45) is 1.10. The van der Waals surface area contributed by atoms with Crippen molar-refractivity contribution in [3.63, 3.8) is 0 Å². The Hall–Kier alpha value is -0.450. The number of benzene rings is 1. The minimum absolute atomic E-state index is 0.193. The molecule has 94 valence electrons. The predicted molar refractivity (Wildman–Crippen MR) is 71.2 cm³/mol. The third-order valence-corrected chi connectivity index (χ3v) is 4.26. The van der Waals surface area contributed by atoms with Crippen LogP contribution in [0.2, 0.25) is 0 Å². The Morgan fingerprint density at radius 3 is 2.88 bits per heavy atom. The summed E-state index contributed by atoms with van der Waals surface area (Å²) in [6.45, 7) is 4.85. The molecule has 0 bridgehead atoms. The summed E-state index contributed by atoms with van der Waals surface area (Å²) in [4.78, 5) is 2.38. The molecule has 0 saturated carbocycles. The summed E-state index contributed by atoms with van der Waals surface area (Å²) in [6, 6.07) is 5.68. The molecule has 0 radical (unpaired) electrons. The van der Waals surface area contributed by atoms with E-state index in [9.17, 15) is 4.39 Å². The van der Waals surface area contributed by atoms with Gasteiger partial charge in [0.05, 0.1) is 4.47 Å². The molecule has 2 unspecified atom stereocenters. The van der Waals surface area contributed by atoms with Crippen molar-refractivity contribution in [2.24, 2.45) is 11.7 Å². The second-order valence-electron chi connectivity index (χ2n) is 4.53. The second kappa shape index (κ2) is 5.46. The number of hydrogen-bond donors (Lipinski definition) is 1. The third kappa shape index (κ3) is 2.54. The standard InChI is InChI=1S/C13H18BrFN2/c1-2-17-6-5-10(8-16)13(17)9-3-4-11(14)12(15)7-9/h3-4,7,10,13H,2,5-6,8,16H2,1H3. The van der Waals surface area contributed by atoms with Crippen molar-refractivity contribution < 1.29 is 4.39 Å². The van der Waals surface area contributed by atoms with Crippen molar-refractivity contribution in [1.82, 2.24) is 4.90 Å². The first-order valence-electron chi connectivity index (χ1n) is 6.06. The van der Waals surface area contributed by atoms with Gasteiger partial charge >= 0.3 is 0 Å². The lowest BCUT2D eigenvalue weighted by molar-refractivity contribution is 0.241. The van der Waals surface area contributed by atoms with E-state index in [0.29, 0.717) is 16.9 Å². The Labute approximate surface area is 110 Å². The summed E-state index contributed by atoms with van der Waals surface area (Å²) in [7, 11) is 0. The first-order valence-corrected chi connectivity index (χ1v) is 6.85. The molecule has 1 fully saturated rings. The lowest BCUT2D eigenvalue weighted by Crippen LogP contribution is -2.28. The Balaban J connectivity index is 2.31. The molecule has 1 aromatic rings. The van der Waals surface area contributed by atoms with Crippen LogP contribution in [0.1, 0.15) is 24.9 Å². The molecule has 2 atom stereocenters. The number of hydrogen-bond acceptors (Lipinski definition) is 2. The van der Waals surface area contributed by atoms with Crippen LogP contribution in [0.25, 0.3) is 0 Å². The predicted octanol–water partition coefficient (Wildman–Crippen LogP) is 2.93. The summed E-state index contributed by atoms with van der Waals surface area (Å²) in [5, 5.41) is 0. The van der Waals surface area contributed by atoms with Crippen molar-refractivity contribution >= 4 is 15.9 Å². The van der Waals surface area contributed by atoms with Gasteiger partial charge in [-0.15, -0.1) is 0 Å². The first kappa shape index (κ1) is 13.0. The molecule has 2 N–H and O–H groups in total. The Bertz CT molecular complexity index is 385. The van der Waals surface area contributed by atoms with Gasteiger partial charge in [0.15, 0.2) is 0 Å². The van der Waals surface area contributed by atoms with Gasteiger partial charge < -0.3 is 5.73 Å². The second-order valence-corrected chi connectivity index (χ2v) is 5.39. The highest BCUT2D eigenvalue weighted by Crippen LogP contribution is 2.37. The number of rotatable bonds is 3. The molecule has 1 heterocycles. The number of nitrogens with zero attached hydrogens (tertiary/aromatic N) is 1. The highest BCUT2D eigenvalue weighted by molar-refractivity contribution is 9.10. The van der Waals surface area contributed by atoms with E-state index in [2.05, 4.69) is 27.8 Å². The van der Waals surface area contributed by atoms with Gasteiger partial charge in [-0.25, -0.2) is 4.39 Å². The van der Waals surface area contributed by atoms with E-state index in [1.165, 1.54) is 0 Å². The van der Waals surface area contributed by atoms with Gasteiger partial charge in [0.1, 0.15) is 5.82 Å². The van der Waals surface area contributed by atoms with Gasteiger partial charge in [-0.05, 0) is 65.6 Å². The van der Waals surface area contributed by atoms with Crippen LogP contribution in [0.3, 0.4) is 0 Å². The zero-order valence-corrected chi connectivity index (χ0v) is 11.6. The number of halogens is 2. The maximum absolute atomic E-state index is 13.6. The average molecular weight is 301 g/mol. The molecule has 4 heteroatoms. The minimum Gasteiger partial charge on any atom is -0.330 e. The van der Waals surface area contributed by atoms with Crippen molar-refractivity contribution in [2.75, 3.05) is 19.6 Å². The maximum atomic E-state index is 13.6. The molecule has 0 spiro atoms. The number of nitrogens with two attached hydrogens (primary N) is 1. The highest BCUT2D eigenvalue weighted by atomic mass is 79.9. The Morgan fingerprint density at radius 2 is 2.29 bits per heavy atom. The van der Waals surface area contributed by atoms with Gasteiger partial charge in [-0.3, -0.25) is 4.90 Å². The van der Waals surface area contributed by atoms with Crippen LogP contribution in [-0.4, -0.2) is 24.5 Å². The molecule has 2 rings (SSSR count). The first-order chi connectivity index (χ1) is 8.17. The molecule has 0 aliphatic carbocycles. The maximum Gasteiger partial charge on any atom is 0.137 e.